The summed E-state index contributed by atoms with van der Waals surface area (Å²) in [7, 11) is 0. The number of hydrogen-bond donors (Lipinski definition) is 0. The highest BCUT2D eigenvalue weighted by Crippen LogP contribution is 2.35. The Hall–Kier alpha value is -2.37. The average Bonchev–Trinajstić information content (AvgIpc) is 3.22. The highest BCUT2D eigenvalue weighted by Gasteiger charge is 2.42. The molecule has 31 heavy (non-hydrogen) atoms. The van der Waals surface area contributed by atoms with E-state index < -0.39 is 46.8 Å². The van der Waals surface area contributed by atoms with Gasteiger partial charge in [0.05, 0.1) is 31.2 Å². The van der Waals surface area contributed by atoms with Crippen molar-refractivity contribution < 1.29 is 27.4 Å². The Bertz CT molecular complexity index is 947. The molecule has 0 radical (unpaired) electrons. The monoisotopic (exact) mass is 454 g/mol. The maximum atomic E-state index is 15.0. The molecule has 0 aliphatic carbocycles. The molecule has 1 unspecified atom stereocenters. The number of anilines is 1. The van der Waals surface area contributed by atoms with Crippen molar-refractivity contribution in [3.63, 3.8) is 0 Å². The maximum Gasteiger partial charge on any atom is 0.252 e. The highest BCUT2D eigenvalue weighted by molar-refractivity contribution is 7.90. The van der Waals surface area contributed by atoms with E-state index in [9.17, 15) is 18.1 Å². The van der Waals surface area contributed by atoms with Gasteiger partial charge in [-0.3, -0.25) is 9.63 Å². The number of carbonyl (C=O) groups is 1. The van der Waals surface area contributed by atoms with Crippen LogP contribution in [0.1, 0.15) is 24.4 Å². The van der Waals surface area contributed by atoms with Gasteiger partial charge in [-0.05, 0) is 24.1 Å². The van der Waals surface area contributed by atoms with Crippen molar-refractivity contribution >= 4 is 22.9 Å². The second-order valence-electron chi connectivity index (χ2n) is 7.53. The molecule has 0 saturated carbocycles. The summed E-state index contributed by atoms with van der Waals surface area (Å²) in [5.74, 6) is -2.54. The van der Waals surface area contributed by atoms with Crippen LogP contribution in [0, 0.1) is 17.6 Å². The van der Waals surface area contributed by atoms with Gasteiger partial charge in [0.2, 0.25) is 5.03 Å². The molecule has 0 N–H and O–H groups in total. The molecular weight excluding hydrogens is 433 g/mol. The molecule has 4 atom stereocenters. The van der Waals surface area contributed by atoms with Crippen LogP contribution in [0.15, 0.2) is 35.6 Å². The van der Waals surface area contributed by atoms with Crippen LogP contribution in [0.5, 0.6) is 0 Å². The summed E-state index contributed by atoms with van der Waals surface area (Å²) in [6.07, 6.45) is 1.84. The number of hydroxylamine groups is 2. The fourth-order valence-electron chi connectivity index (χ4n) is 3.97. The number of amides is 1. The number of carbonyl (C=O) groups excluding carboxylic acids is 1. The first-order chi connectivity index (χ1) is 14.8. The van der Waals surface area contributed by atoms with Crippen molar-refractivity contribution in [1.29, 1.82) is 0 Å². The molecule has 4 rings (SSSR count). The molecule has 0 bridgehead atoms. The third-order valence-electron chi connectivity index (χ3n) is 5.50. The predicted molar refractivity (Wildman–Crippen MR) is 106 cm³/mol. The van der Waals surface area contributed by atoms with E-state index in [1.165, 1.54) is 12.6 Å². The zero-order chi connectivity index (χ0) is 22.1. The topological polar surface area (TPSA) is 81.6 Å². The minimum Gasteiger partial charge on any atom is -0.610 e. The van der Waals surface area contributed by atoms with Gasteiger partial charge < -0.3 is 9.45 Å². The van der Waals surface area contributed by atoms with Gasteiger partial charge in [-0.1, -0.05) is 0 Å². The Labute approximate surface area is 180 Å². The average molecular weight is 454 g/mol. The fourth-order valence-corrected chi connectivity index (χ4v) is 4.44. The maximum absolute atomic E-state index is 15.0. The summed E-state index contributed by atoms with van der Waals surface area (Å²) >= 11 is -1.30. The van der Waals surface area contributed by atoms with Crippen molar-refractivity contribution in [3.05, 3.63) is 47.8 Å². The predicted octanol–water partition coefficient (Wildman–Crippen LogP) is 2.56. The minimum absolute atomic E-state index is 0.0731. The molecule has 11 heteroatoms. The Morgan fingerprint density at radius 2 is 1.94 bits per heavy atom. The standard InChI is InChI=1S/C20H21F3N4O3S/c1-31(29)19-9-18(24-11-25-19)26-4-2-15(16(23)10-26)20(28)27-17(3-5-30-27)12-6-13(21)8-14(22)7-12/h6-9,11,15-17H,2-5,10H2,1H3/t15-,16+,17+,31?/m0/s1. The van der Waals surface area contributed by atoms with Crippen molar-refractivity contribution in [2.45, 2.75) is 30.1 Å². The van der Waals surface area contributed by atoms with E-state index in [1.807, 2.05) is 0 Å². The van der Waals surface area contributed by atoms with E-state index in [-0.39, 0.29) is 25.1 Å². The van der Waals surface area contributed by atoms with Crippen LogP contribution in [-0.4, -0.2) is 57.6 Å². The molecule has 2 fully saturated rings. The highest BCUT2D eigenvalue weighted by atomic mass is 32.2. The number of piperidine rings is 1. The van der Waals surface area contributed by atoms with Gasteiger partial charge in [0, 0.05) is 30.2 Å². The van der Waals surface area contributed by atoms with Crippen LogP contribution in [0.25, 0.3) is 0 Å². The molecule has 1 aromatic carbocycles. The Morgan fingerprint density at radius 3 is 2.61 bits per heavy atom. The lowest BCUT2D eigenvalue weighted by atomic mass is 9.93. The van der Waals surface area contributed by atoms with E-state index in [1.54, 1.807) is 11.0 Å². The molecule has 1 aromatic heterocycles. The Morgan fingerprint density at radius 1 is 1.19 bits per heavy atom. The fraction of sp³-hybridized carbons (Fsp3) is 0.450. The smallest absolute Gasteiger partial charge is 0.252 e. The van der Waals surface area contributed by atoms with Gasteiger partial charge in [0.15, 0.2) is 0 Å². The van der Waals surface area contributed by atoms with Crippen LogP contribution in [-0.2, 0) is 20.8 Å². The number of halogens is 3. The molecule has 2 aliphatic heterocycles. The molecular formula is C20H21F3N4O3S. The molecule has 0 spiro atoms. The number of nitrogens with zero attached hydrogens (tertiary/aromatic N) is 4. The number of rotatable bonds is 4. The summed E-state index contributed by atoms with van der Waals surface area (Å²) < 4.78 is 53.9. The molecule has 2 aromatic rings. The summed E-state index contributed by atoms with van der Waals surface area (Å²) in [4.78, 5) is 28.2. The molecule has 7 nitrogen and oxygen atoms in total. The van der Waals surface area contributed by atoms with E-state index in [0.717, 1.165) is 23.3 Å². The first-order valence-electron chi connectivity index (χ1n) is 9.80. The molecule has 166 valence electrons. The van der Waals surface area contributed by atoms with E-state index >= 15 is 4.39 Å². The number of hydrogen-bond acceptors (Lipinski definition) is 6. The first-order valence-corrected chi connectivity index (χ1v) is 11.4. The second kappa shape index (κ2) is 9.01. The van der Waals surface area contributed by atoms with Crippen LogP contribution < -0.4 is 4.90 Å². The van der Waals surface area contributed by atoms with Gasteiger partial charge in [-0.15, -0.1) is 0 Å². The number of aromatic nitrogens is 2. The first kappa shape index (κ1) is 21.8. The van der Waals surface area contributed by atoms with Gasteiger partial charge in [-0.2, -0.15) is 4.98 Å². The van der Waals surface area contributed by atoms with Crippen LogP contribution in [0.3, 0.4) is 0 Å². The molecule has 2 saturated heterocycles. The summed E-state index contributed by atoms with van der Waals surface area (Å²) in [6.45, 7) is 0.481. The van der Waals surface area contributed by atoms with Crippen molar-refractivity contribution in [2.75, 3.05) is 30.9 Å². The molecule has 3 heterocycles. The SMILES string of the molecule is C[S+]([O-])c1cc(N2CC[C@H](C(=O)N3OCC[C@@H]3c3cc(F)cc(F)c3)[C@H](F)C2)ncn1. The lowest BCUT2D eigenvalue weighted by Crippen LogP contribution is -2.49. The van der Waals surface area contributed by atoms with E-state index in [2.05, 4.69) is 9.97 Å². The minimum atomic E-state index is -1.50. The third-order valence-corrected chi connectivity index (χ3v) is 6.31. The molecule has 2 aliphatic rings. The summed E-state index contributed by atoms with van der Waals surface area (Å²) in [5, 5.41) is 1.40. The largest absolute Gasteiger partial charge is 0.610 e. The second-order valence-corrected chi connectivity index (χ2v) is 8.86. The van der Waals surface area contributed by atoms with Crippen LogP contribution in [0.4, 0.5) is 19.0 Å². The zero-order valence-electron chi connectivity index (χ0n) is 16.7. The number of alkyl halides is 1. The Kier molecular flexibility index (Phi) is 6.35. The van der Waals surface area contributed by atoms with Gasteiger partial charge in [0.1, 0.15) is 36.2 Å². The normalized spacial score (nSPS) is 25.0. The third kappa shape index (κ3) is 4.63. The van der Waals surface area contributed by atoms with Crippen LogP contribution in [0.2, 0.25) is 0 Å². The van der Waals surface area contributed by atoms with Crippen molar-refractivity contribution in [2.24, 2.45) is 5.92 Å². The van der Waals surface area contributed by atoms with Crippen molar-refractivity contribution in [3.8, 4) is 0 Å². The summed E-state index contributed by atoms with van der Waals surface area (Å²) in [5.41, 5.74) is 0.275. The Balaban J connectivity index is 1.47. The van der Waals surface area contributed by atoms with Gasteiger partial charge >= 0.3 is 0 Å². The van der Waals surface area contributed by atoms with E-state index in [0.29, 0.717) is 23.8 Å². The lowest BCUT2D eigenvalue weighted by Gasteiger charge is -2.36. The van der Waals surface area contributed by atoms with Gasteiger partial charge in [-0.25, -0.2) is 23.2 Å². The number of benzene rings is 1. The van der Waals surface area contributed by atoms with Crippen LogP contribution >= 0.6 is 0 Å². The van der Waals surface area contributed by atoms with Crippen molar-refractivity contribution in [1.82, 2.24) is 15.0 Å². The zero-order valence-corrected chi connectivity index (χ0v) is 17.5. The lowest BCUT2D eigenvalue weighted by molar-refractivity contribution is -0.184. The quantitative estimate of drug-likeness (QED) is 0.522. The van der Waals surface area contributed by atoms with Gasteiger partial charge in [0.25, 0.3) is 5.91 Å². The molecule has 1 amide bonds. The van der Waals surface area contributed by atoms with E-state index in [4.69, 9.17) is 4.84 Å². The summed E-state index contributed by atoms with van der Waals surface area (Å²) in [6, 6.07) is 3.94.